The highest BCUT2D eigenvalue weighted by Crippen LogP contribution is 2.41. The molecule has 1 aromatic heterocycles. The van der Waals surface area contributed by atoms with Crippen molar-refractivity contribution < 1.29 is 0 Å². The van der Waals surface area contributed by atoms with Gasteiger partial charge in [-0.1, -0.05) is 91.4 Å². The molecule has 3 aromatic rings. The maximum Gasteiger partial charge on any atom is 0.0807 e. The van der Waals surface area contributed by atoms with Crippen LogP contribution in [0.5, 0.6) is 0 Å². The first-order chi connectivity index (χ1) is 14.3. The minimum Gasteiger partial charge on any atom is -0.286 e. The van der Waals surface area contributed by atoms with Crippen molar-refractivity contribution in [3.05, 3.63) is 90.8 Å². The average Bonchev–Trinajstić information content (AvgIpc) is 2.80. The second kappa shape index (κ2) is 9.58. The van der Waals surface area contributed by atoms with Gasteiger partial charge >= 0.3 is 0 Å². The lowest BCUT2D eigenvalue weighted by Gasteiger charge is -2.35. The van der Waals surface area contributed by atoms with Crippen LogP contribution in [0.25, 0.3) is 0 Å². The van der Waals surface area contributed by atoms with Gasteiger partial charge in [0, 0.05) is 29.1 Å². The standard InChI is InChI=1S/C24H26N3PS/c29-28(21-12-3-1-4-13-21,22-14-5-2-6-15-22)27-24-17-8-7-16-23(24)26-19-20-11-9-10-18-25-20/h1-6,9-15,18-19,23-24H,7-8,16-17H2,(H,27,29)/t23-,24-/m1/s1. The van der Waals surface area contributed by atoms with E-state index in [9.17, 15) is 0 Å². The number of benzene rings is 2. The summed E-state index contributed by atoms with van der Waals surface area (Å²) in [6.07, 6.45) is 6.20. The molecule has 5 heteroatoms. The van der Waals surface area contributed by atoms with Crippen molar-refractivity contribution in [1.82, 2.24) is 10.1 Å². The van der Waals surface area contributed by atoms with Crippen LogP contribution < -0.4 is 15.7 Å². The minimum absolute atomic E-state index is 0.223. The molecule has 0 unspecified atom stereocenters. The summed E-state index contributed by atoms with van der Waals surface area (Å²) in [4.78, 5) is 9.30. The van der Waals surface area contributed by atoms with E-state index in [2.05, 4.69) is 70.7 Å². The van der Waals surface area contributed by atoms with E-state index < -0.39 is 6.19 Å². The summed E-state index contributed by atoms with van der Waals surface area (Å²) in [6.45, 7) is 0. The SMILES string of the molecule is S=P(N[C@@H]1CCCC[C@H]1N=Cc1ccccn1)(c1ccccc1)c1ccccc1. The average molecular weight is 420 g/mol. The van der Waals surface area contributed by atoms with E-state index in [0.717, 1.165) is 18.5 Å². The maximum atomic E-state index is 6.38. The summed E-state index contributed by atoms with van der Waals surface area (Å²) in [7, 11) is 0. The zero-order valence-electron chi connectivity index (χ0n) is 16.4. The molecule has 1 saturated carbocycles. The lowest BCUT2D eigenvalue weighted by atomic mass is 9.91. The van der Waals surface area contributed by atoms with E-state index in [0.29, 0.717) is 0 Å². The summed E-state index contributed by atoms with van der Waals surface area (Å²) in [6, 6.07) is 27.5. The van der Waals surface area contributed by atoms with E-state index in [1.54, 1.807) is 0 Å². The van der Waals surface area contributed by atoms with Crippen molar-refractivity contribution in [2.75, 3.05) is 0 Å². The number of rotatable bonds is 6. The highest BCUT2D eigenvalue weighted by atomic mass is 32.4. The van der Waals surface area contributed by atoms with E-state index >= 15 is 0 Å². The molecule has 0 spiro atoms. The van der Waals surface area contributed by atoms with Crippen molar-refractivity contribution >= 4 is 34.8 Å². The van der Waals surface area contributed by atoms with Crippen molar-refractivity contribution in [1.29, 1.82) is 0 Å². The number of hydrogen-bond acceptors (Lipinski definition) is 3. The van der Waals surface area contributed by atoms with Gasteiger partial charge in [-0.25, -0.2) is 0 Å². The van der Waals surface area contributed by atoms with Gasteiger partial charge < -0.3 is 0 Å². The molecule has 1 aliphatic rings. The molecule has 1 fully saturated rings. The van der Waals surface area contributed by atoms with Gasteiger partial charge in [-0.15, -0.1) is 0 Å². The minimum atomic E-state index is -2.13. The molecule has 2 aromatic carbocycles. The van der Waals surface area contributed by atoms with Crippen LogP contribution in [0.1, 0.15) is 31.4 Å². The summed E-state index contributed by atoms with van der Waals surface area (Å²) in [5.74, 6) is 0. The fourth-order valence-corrected chi connectivity index (χ4v) is 7.56. The third kappa shape index (κ3) is 4.90. The predicted octanol–water partition coefficient (Wildman–Crippen LogP) is 4.45. The monoisotopic (exact) mass is 419 g/mol. The molecule has 148 valence electrons. The lowest BCUT2D eigenvalue weighted by Crippen LogP contribution is -2.43. The van der Waals surface area contributed by atoms with Crippen LogP contribution in [0.15, 0.2) is 90.1 Å². The summed E-state index contributed by atoms with van der Waals surface area (Å²) in [5, 5.41) is 6.36. The van der Waals surface area contributed by atoms with Crippen LogP contribution in [0.4, 0.5) is 0 Å². The van der Waals surface area contributed by atoms with Crippen LogP contribution in [-0.2, 0) is 11.8 Å². The Morgan fingerprint density at radius 3 is 2.10 bits per heavy atom. The van der Waals surface area contributed by atoms with Crippen LogP contribution in [0.3, 0.4) is 0 Å². The van der Waals surface area contributed by atoms with Gasteiger partial charge in [0.05, 0.1) is 17.9 Å². The number of aliphatic imine (C=N–C) groups is 1. The molecule has 0 radical (unpaired) electrons. The van der Waals surface area contributed by atoms with Crippen LogP contribution in [-0.4, -0.2) is 23.3 Å². The molecular weight excluding hydrogens is 393 g/mol. The largest absolute Gasteiger partial charge is 0.286 e. The number of hydrogen-bond donors (Lipinski definition) is 1. The first-order valence-electron chi connectivity index (χ1n) is 10.2. The van der Waals surface area contributed by atoms with Crippen molar-refractivity contribution in [3.8, 4) is 0 Å². The molecule has 1 aliphatic carbocycles. The van der Waals surface area contributed by atoms with Gasteiger partial charge in [0.1, 0.15) is 0 Å². The molecule has 2 atom stereocenters. The smallest absolute Gasteiger partial charge is 0.0807 e. The highest BCUT2D eigenvalue weighted by molar-refractivity contribution is 8.20. The molecule has 1 N–H and O–H groups in total. The molecule has 29 heavy (non-hydrogen) atoms. The molecule has 0 amide bonds. The van der Waals surface area contributed by atoms with Crippen LogP contribution >= 0.6 is 6.19 Å². The van der Waals surface area contributed by atoms with Crippen LogP contribution in [0, 0.1) is 0 Å². The molecule has 4 rings (SSSR count). The normalized spacial score (nSPS) is 20.0. The third-order valence-electron chi connectivity index (χ3n) is 5.40. The van der Waals surface area contributed by atoms with Crippen molar-refractivity contribution in [2.24, 2.45) is 4.99 Å². The molecular formula is C24H26N3PS. The Morgan fingerprint density at radius 1 is 0.862 bits per heavy atom. The van der Waals surface area contributed by atoms with Crippen LogP contribution in [0.2, 0.25) is 0 Å². The number of nitrogens with one attached hydrogen (secondary N) is 1. The topological polar surface area (TPSA) is 37.3 Å². The third-order valence-corrected chi connectivity index (χ3v) is 9.73. The maximum absolute atomic E-state index is 6.38. The lowest BCUT2D eigenvalue weighted by molar-refractivity contribution is 0.370. The van der Waals surface area contributed by atoms with Gasteiger partial charge in [0.2, 0.25) is 0 Å². The highest BCUT2D eigenvalue weighted by Gasteiger charge is 2.31. The van der Waals surface area contributed by atoms with E-state index in [1.807, 2.05) is 30.6 Å². The van der Waals surface area contributed by atoms with Crippen molar-refractivity contribution in [2.45, 2.75) is 37.8 Å². The number of aromatic nitrogens is 1. The fourth-order valence-electron chi connectivity index (χ4n) is 3.87. The Bertz CT molecular complexity index is 933. The molecule has 3 nitrogen and oxygen atoms in total. The molecule has 0 bridgehead atoms. The Hall–Kier alpha value is -2.13. The second-order valence-electron chi connectivity index (χ2n) is 7.40. The van der Waals surface area contributed by atoms with Gasteiger partial charge in [0.25, 0.3) is 0 Å². The van der Waals surface area contributed by atoms with Gasteiger partial charge in [-0.2, -0.15) is 0 Å². The Morgan fingerprint density at radius 2 is 1.48 bits per heavy atom. The first-order valence-corrected chi connectivity index (χ1v) is 13.0. The summed E-state index contributed by atoms with van der Waals surface area (Å²) in [5.41, 5.74) is 0.905. The van der Waals surface area contributed by atoms with Gasteiger partial charge in [0.15, 0.2) is 0 Å². The molecule has 1 heterocycles. The second-order valence-corrected chi connectivity index (χ2v) is 11.6. The van der Waals surface area contributed by atoms with E-state index in [4.69, 9.17) is 16.8 Å². The number of pyridine rings is 1. The zero-order valence-corrected chi connectivity index (χ0v) is 18.1. The quantitative estimate of drug-likeness (QED) is 0.474. The molecule has 0 saturated heterocycles. The Kier molecular flexibility index (Phi) is 6.66. The summed E-state index contributed by atoms with van der Waals surface area (Å²) >= 11 is 6.38. The van der Waals surface area contributed by atoms with Crippen molar-refractivity contribution in [3.63, 3.8) is 0 Å². The summed E-state index contributed by atoms with van der Waals surface area (Å²) < 4.78 is 0. The zero-order chi connectivity index (χ0) is 19.9. The Labute approximate surface area is 178 Å². The predicted molar refractivity (Wildman–Crippen MR) is 127 cm³/mol. The van der Waals surface area contributed by atoms with E-state index in [1.165, 1.54) is 23.5 Å². The molecule has 0 aliphatic heterocycles. The van der Waals surface area contributed by atoms with Gasteiger partial charge in [-0.3, -0.25) is 15.1 Å². The fraction of sp³-hybridized carbons (Fsp3) is 0.250. The Balaban J connectivity index is 1.63. The van der Waals surface area contributed by atoms with Gasteiger partial charge in [-0.05, 0) is 25.0 Å². The van der Waals surface area contributed by atoms with E-state index in [-0.39, 0.29) is 12.1 Å². The number of nitrogens with zero attached hydrogens (tertiary/aromatic N) is 2. The first kappa shape index (κ1) is 20.2.